The summed E-state index contributed by atoms with van der Waals surface area (Å²) in [6.45, 7) is 1.96. The van der Waals surface area contributed by atoms with Crippen LogP contribution in [-0.2, 0) is 0 Å². The van der Waals surface area contributed by atoms with E-state index in [0.29, 0.717) is 5.39 Å². The van der Waals surface area contributed by atoms with Crippen molar-refractivity contribution in [2.45, 2.75) is 6.92 Å². The quantitative estimate of drug-likeness (QED) is 0.555. The zero-order valence-electron chi connectivity index (χ0n) is 8.60. The highest BCUT2D eigenvalue weighted by atomic mass is 32.1. The van der Waals surface area contributed by atoms with E-state index in [1.165, 1.54) is 0 Å². The van der Waals surface area contributed by atoms with Gasteiger partial charge in [-0.05, 0) is 18.6 Å². The molecule has 16 heavy (non-hydrogen) atoms. The van der Waals surface area contributed by atoms with Gasteiger partial charge in [0.1, 0.15) is 0 Å². The molecular formula is C12H8N2OS. The van der Waals surface area contributed by atoms with Crippen molar-refractivity contribution in [2.24, 2.45) is 0 Å². The Kier molecular flexibility index (Phi) is 1.97. The summed E-state index contributed by atoms with van der Waals surface area (Å²) in [5, 5.41) is 9.03. The molecule has 0 atom stereocenters. The van der Waals surface area contributed by atoms with E-state index in [1.807, 2.05) is 25.1 Å². The van der Waals surface area contributed by atoms with Gasteiger partial charge < -0.3 is 0 Å². The monoisotopic (exact) mass is 228 g/mol. The predicted molar refractivity (Wildman–Crippen MR) is 65.9 cm³/mol. The fraction of sp³-hybridized carbons (Fsp3) is 0.0833. The van der Waals surface area contributed by atoms with Gasteiger partial charge in [0.2, 0.25) is 0 Å². The van der Waals surface area contributed by atoms with Crippen LogP contribution in [0.4, 0.5) is 0 Å². The van der Waals surface area contributed by atoms with Crippen molar-refractivity contribution >= 4 is 31.5 Å². The molecule has 3 nitrogen and oxygen atoms in total. The Bertz CT molecular complexity index is 749. The zero-order chi connectivity index (χ0) is 11.1. The summed E-state index contributed by atoms with van der Waals surface area (Å²) in [6.07, 6.45) is 3.18. The molecule has 0 aliphatic rings. The maximum absolute atomic E-state index is 12.2. The second-order valence-corrected chi connectivity index (χ2v) is 4.73. The number of aryl methyl sites for hydroxylation is 1. The molecule has 0 aliphatic heterocycles. The average molecular weight is 228 g/mol. The first-order valence-electron chi connectivity index (χ1n) is 4.90. The highest BCUT2D eigenvalue weighted by molar-refractivity contribution is 7.24. The lowest BCUT2D eigenvalue weighted by Gasteiger charge is -2.01. The van der Waals surface area contributed by atoms with Crippen LogP contribution in [0.2, 0.25) is 0 Å². The van der Waals surface area contributed by atoms with Crippen LogP contribution in [-0.4, -0.2) is 10.2 Å². The molecule has 2 heterocycles. The maximum atomic E-state index is 12.2. The number of rotatable bonds is 0. The van der Waals surface area contributed by atoms with Gasteiger partial charge in [-0.15, -0.1) is 11.3 Å². The normalized spacial score (nSPS) is 11.1. The van der Waals surface area contributed by atoms with Crippen molar-refractivity contribution in [1.82, 2.24) is 10.2 Å². The van der Waals surface area contributed by atoms with Crippen molar-refractivity contribution in [3.8, 4) is 0 Å². The topological polar surface area (TPSA) is 42.9 Å². The van der Waals surface area contributed by atoms with Crippen LogP contribution in [0, 0.1) is 6.92 Å². The van der Waals surface area contributed by atoms with Crippen LogP contribution < -0.4 is 5.43 Å². The highest BCUT2D eigenvalue weighted by Crippen LogP contribution is 2.24. The third-order valence-electron chi connectivity index (χ3n) is 2.62. The minimum Gasteiger partial charge on any atom is -0.288 e. The van der Waals surface area contributed by atoms with E-state index in [-0.39, 0.29) is 5.43 Å². The van der Waals surface area contributed by atoms with E-state index in [2.05, 4.69) is 10.2 Å². The van der Waals surface area contributed by atoms with E-state index >= 15 is 0 Å². The van der Waals surface area contributed by atoms with Crippen LogP contribution in [0.5, 0.6) is 0 Å². The van der Waals surface area contributed by atoms with Gasteiger partial charge >= 0.3 is 0 Å². The number of fused-ring (bicyclic) bond motifs is 2. The van der Waals surface area contributed by atoms with Gasteiger partial charge in [-0.3, -0.25) is 4.79 Å². The standard InChI is InChI=1S/C12H8N2OS/c1-7-3-2-4-9-11(7)12(15)8-5-13-14-6-10(8)16-9/h2-6H,1H3. The smallest absolute Gasteiger partial charge is 0.197 e. The molecule has 0 aliphatic carbocycles. The van der Waals surface area contributed by atoms with E-state index in [4.69, 9.17) is 0 Å². The number of benzene rings is 1. The van der Waals surface area contributed by atoms with E-state index in [9.17, 15) is 4.79 Å². The van der Waals surface area contributed by atoms with Crippen LogP contribution in [0.1, 0.15) is 5.56 Å². The number of hydrogen-bond acceptors (Lipinski definition) is 4. The molecule has 0 bridgehead atoms. The average Bonchev–Trinajstić information content (AvgIpc) is 2.29. The Morgan fingerprint density at radius 3 is 2.81 bits per heavy atom. The molecule has 0 amide bonds. The molecule has 3 aromatic rings. The first-order chi connectivity index (χ1) is 7.77. The lowest BCUT2D eigenvalue weighted by Crippen LogP contribution is -2.03. The molecule has 0 radical (unpaired) electrons. The fourth-order valence-corrected chi connectivity index (χ4v) is 2.93. The van der Waals surface area contributed by atoms with E-state index < -0.39 is 0 Å². The summed E-state index contributed by atoms with van der Waals surface area (Å²) in [6, 6.07) is 5.89. The molecule has 0 unspecified atom stereocenters. The first kappa shape index (κ1) is 9.42. The first-order valence-corrected chi connectivity index (χ1v) is 5.72. The third kappa shape index (κ3) is 1.23. The van der Waals surface area contributed by atoms with Crippen molar-refractivity contribution in [3.63, 3.8) is 0 Å². The van der Waals surface area contributed by atoms with Gasteiger partial charge in [-0.1, -0.05) is 12.1 Å². The molecule has 0 saturated heterocycles. The fourth-order valence-electron chi connectivity index (χ4n) is 1.83. The highest BCUT2D eigenvalue weighted by Gasteiger charge is 2.07. The van der Waals surface area contributed by atoms with Crippen LogP contribution in [0.25, 0.3) is 20.2 Å². The number of nitrogens with zero attached hydrogens (tertiary/aromatic N) is 2. The Hall–Kier alpha value is -1.81. The second kappa shape index (κ2) is 3.35. The molecule has 4 heteroatoms. The molecule has 2 aromatic heterocycles. The van der Waals surface area contributed by atoms with Crippen LogP contribution >= 0.6 is 11.3 Å². The summed E-state index contributed by atoms with van der Waals surface area (Å²) in [7, 11) is 0. The van der Waals surface area contributed by atoms with Crippen LogP contribution in [0.15, 0.2) is 35.4 Å². The minimum absolute atomic E-state index is 0.0525. The lowest BCUT2D eigenvalue weighted by atomic mass is 10.1. The third-order valence-corrected chi connectivity index (χ3v) is 3.73. The molecule has 1 aromatic carbocycles. The maximum Gasteiger partial charge on any atom is 0.197 e. The minimum atomic E-state index is 0.0525. The van der Waals surface area contributed by atoms with Gasteiger partial charge in [0, 0.05) is 10.1 Å². The van der Waals surface area contributed by atoms with Crippen LogP contribution in [0.3, 0.4) is 0 Å². The zero-order valence-corrected chi connectivity index (χ0v) is 9.41. The van der Waals surface area contributed by atoms with Gasteiger partial charge in [0.15, 0.2) is 5.43 Å². The van der Waals surface area contributed by atoms with Crippen molar-refractivity contribution in [3.05, 3.63) is 46.4 Å². The summed E-state index contributed by atoms with van der Waals surface area (Å²) in [5.41, 5.74) is 1.06. The van der Waals surface area contributed by atoms with Gasteiger partial charge in [0.05, 0.1) is 22.5 Å². The molecule has 78 valence electrons. The summed E-state index contributed by atoms with van der Waals surface area (Å²) < 4.78 is 1.89. The van der Waals surface area contributed by atoms with E-state index in [1.54, 1.807) is 23.7 Å². The number of aromatic nitrogens is 2. The Labute approximate surface area is 95.4 Å². The molecule has 0 saturated carbocycles. The van der Waals surface area contributed by atoms with Gasteiger partial charge in [-0.25, -0.2) is 0 Å². The summed E-state index contributed by atoms with van der Waals surface area (Å²) >= 11 is 1.58. The predicted octanol–water partition coefficient (Wildman–Crippen LogP) is 2.51. The van der Waals surface area contributed by atoms with Crippen molar-refractivity contribution in [1.29, 1.82) is 0 Å². The largest absolute Gasteiger partial charge is 0.288 e. The van der Waals surface area contributed by atoms with Crippen molar-refractivity contribution in [2.75, 3.05) is 0 Å². The Morgan fingerprint density at radius 2 is 1.94 bits per heavy atom. The number of hydrogen-bond donors (Lipinski definition) is 0. The Balaban J connectivity index is 2.67. The van der Waals surface area contributed by atoms with Gasteiger partial charge in [-0.2, -0.15) is 10.2 Å². The Morgan fingerprint density at radius 1 is 1.12 bits per heavy atom. The van der Waals surface area contributed by atoms with E-state index in [0.717, 1.165) is 20.3 Å². The van der Waals surface area contributed by atoms with Crippen molar-refractivity contribution < 1.29 is 0 Å². The lowest BCUT2D eigenvalue weighted by molar-refractivity contribution is 1.05. The molecule has 3 rings (SSSR count). The molecule has 0 N–H and O–H groups in total. The second-order valence-electron chi connectivity index (χ2n) is 3.65. The van der Waals surface area contributed by atoms with Gasteiger partial charge in [0.25, 0.3) is 0 Å². The summed E-state index contributed by atoms with van der Waals surface area (Å²) in [5.74, 6) is 0. The summed E-state index contributed by atoms with van der Waals surface area (Å²) in [4.78, 5) is 12.2. The molecule has 0 spiro atoms. The molecule has 0 fully saturated rings. The molecular weight excluding hydrogens is 220 g/mol. The SMILES string of the molecule is Cc1cccc2sc3cnncc3c(=O)c12.